The van der Waals surface area contributed by atoms with Gasteiger partial charge in [-0.1, -0.05) is 12.1 Å². The van der Waals surface area contributed by atoms with Crippen LogP contribution in [0.15, 0.2) is 37.1 Å². The molecule has 0 atom stereocenters. The van der Waals surface area contributed by atoms with Crippen LogP contribution >= 0.6 is 0 Å². The Labute approximate surface area is 113 Å². The van der Waals surface area contributed by atoms with Crippen LogP contribution in [0.4, 0.5) is 5.82 Å². The quantitative estimate of drug-likeness (QED) is 0.619. The molecular weight excluding hydrogens is 240 g/mol. The van der Waals surface area contributed by atoms with Crippen LogP contribution in [-0.4, -0.2) is 55.1 Å². The van der Waals surface area contributed by atoms with E-state index < -0.39 is 0 Å². The second-order valence-corrected chi connectivity index (χ2v) is 4.48. The molecule has 1 aliphatic rings. The fourth-order valence-electron chi connectivity index (χ4n) is 2.12. The summed E-state index contributed by atoms with van der Waals surface area (Å²) < 4.78 is 0. The minimum absolute atomic E-state index is 0.155. The van der Waals surface area contributed by atoms with Crippen LogP contribution in [0.2, 0.25) is 0 Å². The first-order valence-corrected chi connectivity index (χ1v) is 6.56. The lowest BCUT2D eigenvalue weighted by atomic mass is 10.3. The van der Waals surface area contributed by atoms with E-state index in [0.717, 1.165) is 32.0 Å². The van der Waals surface area contributed by atoms with Gasteiger partial charge in [-0.25, -0.2) is 4.98 Å². The van der Waals surface area contributed by atoms with Gasteiger partial charge in [0.1, 0.15) is 5.82 Å². The van der Waals surface area contributed by atoms with E-state index in [1.807, 2.05) is 23.1 Å². The van der Waals surface area contributed by atoms with Gasteiger partial charge in [-0.3, -0.25) is 4.79 Å². The Morgan fingerprint density at radius 1 is 1.37 bits per heavy atom. The molecule has 0 aliphatic carbocycles. The van der Waals surface area contributed by atoms with E-state index in [2.05, 4.69) is 21.8 Å². The van der Waals surface area contributed by atoms with Gasteiger partial charge in [0.05, 0.1) is 6.54 Å². The molecule has 1 aromatic heterocycles. The van der Waals surface area contributed by atoms with Crippen LogP contribution in [0.25, 0.3) is 0 Å². The number of aromatic nitrogens is 1. The van der Waals surface area contributed by atoms with Gasteiger partial charge in [-0.2, -0.15) is 0 Å². The maximum atomic E-state index is 11.9. The zero-order chi connectivity index (χ0) is 13.5. The van der Waals surface area contributed by atoms with Gasteiger partial charge < -0.3 is 15.1 Å². The molecule has 1 amide bonds. The molecule has 1 aliphatic heterocycles. The Balaban J connectivity index is 1.79. The molecule has 5 heteroatoms. The average Bonchev–Trinajstić information content (AvgIpc) is 2.48. The maximum Gasteiger partial charge on any atom is 0.236 e. The summed E-state index contributed by atoms with van der Waals surface area (Å²) in [6.45, 7) is 7.85. The number of carbonyl (C=O) groups is 1. The molecule has 2 heterocycles. The van der Waals surface area contributed by atoms with Crippen molar-refractivity contribution in [2.24, 2.45) is 0 Å². The van der Waals surface area contributed by atoms with E-state index in [9.17, 15) is 4.79 Å². The van der Waals surface area contributed by atoms with Crippen LogP contribution in [0.1, 0.15) is 0 Å². The van der Waals surface area contributed by atoms with Crippen molar-refractivity contribution in [1.29, 1.82) is 0 Å². The summed E-state index contributed by atoms with van der Waals surface area (Å²) in [6, 6.07) is 5.90. The maximum absolute atomic E-state index is 11.9. The Morgan fingerprint density at radius 3 is 2.79 bits per heavy atom. The number of nitrogens with one attached hydrogen (secondary N) is 1. The minimum Gasteiger partial charge on any atom is -0.353 e. The average molecular weight is 260 g/mol. The zero-order valence-corrected chi connectivity index (χ0v) is 11.1. The lowest BCUT2D eigenvalue weighted by Crippen LogP contribution is -2.51. The van der Waals surface area contributed by atoms with Crippen LogP contribution in [0.3, 0.4) is 0 Å². The van der Waals surface area contributed by atoms with Crippen LogP contribution in [0.5, 0.6) is 0 Å². The number of hydrogen-bond donors (Lipinski definition) is 1. The fraction of sp³-hybridized carbons (Fsp3) is 0.429. The predicted octanol–water partition coefficient (Wildman–Crippen LogP) is 0.506. The highest BCUT2D eigenvalue weighted by molar-refractivity contribution is 5.78. The highest BCUT2D eigenvalue weighted by atomic mass is 16.2. The molecule has 0 unspecified atom stereocenters. The van der Waals surface area contributed by atoms with Crippen molar-refractivity contribution in [2.75, 3.05) is 44.2 Å². The largest absolute Gasteiger partial charge is 0.353 e. The van der Waals surface area contributed by atoms with E-state index in [0.29, 0.717) is 13.1 Å². The summed E-state index contributed by atoms with van der Waals surface area (Å²) in [5, 5.41) is 3.04. The molecule has 0 spiro atoms. The minimum atomic E-state index is 0.155. The van der Waals surface area contributed by atoms with E-state index in [1.54, 1.807) is 12.3 Å². The molecule has 2 rings (SSSR count). The number of carbonyl (C=O) groups excluding carboxylic acids is 1. The van der Waals surface area contributed by atoms with Crippen LogP contribution < -0.4 is 10.2 Å². The van der Waals surface area contributed by atoms with Gasteiger partial charge in [0.15, 0.2) is 0 Å². The molecule has 5 nitrogen and oxygen atoms in total. The molecule has 1 aromatic rings. The Hall–Kier alpha value is -1.88. The smallest absolute Gasteiger partial charge is 0.236 e. The van der Waals surface area contributed by atoms with Gasteiger partial charge in [-0.15, -0.1) is 6.58 Å². The monoisotopic (exact) mass is 260 g/mol. The number of anilines is 1. The van der Waals surface area contributed by atoms with Gasteiger partial charge in [0, 0.05) is 38.9 Å². The standard InChI is InChI=1S/C14H20N4O/c1-2-6-15-12-14(19)18-10-8-17(9-11-18)13-5-3-4-7-16-13/h2-5,7,15H,1,6,8-12H2. The molecule has 1 fully saturated rings. The van der Waals surface area contributed by atoms with Crippen LogP contribution in [0, 0.1) is 0 Å². The predicted molar refractivity (Wildman–Crippen MR) is 76.1 cm³/mol. The summed E-state index contributed by atoms with van der Waals surface area (Å²) in [4.78, 5) is 20.4. The lowest BCUT2D eigenvalue weighted by molar-refractivity contribution is -0.130. The molecular formula is C14H20N4O. The molecule has 1 N–H and O–H groups in total. The second-order valence-electron chi connectivity index (χ2n) is 4.48. The number of hydrogen-bond acceptors (Lipinski definition) is 4. The molecule has 19 heavy (non-hydrogen) atoms. The molecule has 0 saturated carbocycles. The zero-order valence-electron chi connectivity index (χ0n) is 11.1. The van der Waals surface area contributed by atoms with Crippen molar-refractivity contribution in [1.82, 2.24) is 15.2 Å². The Morgan fingerprint density at radius 2 is 2.16 bits per heavy atom. The fourth-order valence-corrected chi connectivity index (χ4v) is 2.12. The van der Waals surface area contributed by atoms with E-state index >= 15 is 0 Å². The SMILES string of the molecule is C=CCNCC(=O)N1CCN(c2ccccn2)CC1. The van der Waals surface area contributed by atoms with Gasteiger partial charge in [-0.05, 0) is 12.1 Å². The second kappa shape index (κ2) is 6.89. The number of pyridine rings is 1. The van der Waals surface area contributed by atoms with E-state index in [1.165, 1.54) is 0 Å². The summed E-state index contributed by atoms with van der Waals surface area (Å²) in [5.41, 5.74) is 0. The first-order chi connectivity index (χ1) is 9.31. The molecule has 0 bridgehead atoms. The topological polar surface area (TPSA) is 48.5 Å². The van der Waals surface area contributed by atoms with E-state index in [-0.39, 0.29) is 5.91 Å². The molecule has 0 radical (unpaired) electrons. The number of piperazine rings is 1. The van der Waals surface area contributed by atoms with Crippen LogP contribution in [-0.2, 0) is 4.79 Å². The van der Waals surface area contributed by atoms with Gasteiger partial charge in [0.2, 0.25) is 5.91 Å². The highest BCUT2D eigenvalue weighted by Gasteiger charge is 2.21. The lowest BCUT2D eigenvalue weighted by Gasteiger charge is -2.35. The molecule has 102 valence electrons. The van der Waals surface area contributed by atoms with Crippen molar-refractivity contribution in [3.63, 3.8) is 0 Å². The number of amides is 1. The normalized spacial score (nSPS) is 15.4. The third-order valence-electron chi connectivity index (χ3n) is 3.17. The summed E-state index contributed by atoms with van der Waals surface area (Å²) in [6.07, 6.45) is 3.55. The van der Waals surface area contributed by atoms with E-state index in [4.69, 9.17) is 0 Å². The summed E-state index contributed by atoms with van der Waals surface area (Å²) in [7, 11) is 0. The first-order valence-electron chi connectivity index (χ1n) is 6.56. The molecule has 0 aromatic carbocycles. The third kappa shape index (κ3) is 3.79. The Kier molecular flexibility index (Phi) is 4.92. The van der Waals surface area contributed by atoms with Crippen molar-refractivity contribution in [2.45, 2.75) is 0 Å². The van der Waals surface area contributed by atoms with Crippen molar-refractivity contribution in [3.8, 4) is 0 Å². The molecule has 1 saturated heterocycles. The summed E-state index contributed by atoms with van der Waals surface area (Å²) in [5.74, 6) is 1.14. The van der Waals surface area contributed by atoms with Gasteiger partial charge in [0.25, 0.3) is 0 Å². The highest BCUT2D eigenvalue weighted by Crippen LogP contribution is 2.12. The van der Waals surface area contributed by atoms with Gasteiger partial charge >= 0.3 is 0 Å². The Bertz CT molecular complexity index is 413. The van der Waals surface area contributed by atoms with Crippen molar-refractivity contribution >= 4 is 11.7 Å². The third-order valence-corrected chi connectivity index (χ3v) is 3.17. The first kappa shape index (κ1) is 13.5. The number of rotatable bonds is 5. The van der Waals surface area contributed by atoms with Crippen molar-refractivity contribution in [3.05, 3.63) is 37.1 Å². The number of nitrogens with zero attached hydrogens (tertiary/aromatic N) is 3. The summed E-state index contributed by atoms with van der Waals surface area (Å²) >= 11 is 0. The van der Waals surface area contributed by atoms with Crippen molar-refractivity contribution < 1.29 is 4.79 Å².